The van der Waals surface area contributed by atoms with Crippen LogP contribution in [0.15, 0.2) is 18.2 Å². The van der Waals surface area contributed by atoms with Crippen molar-refractivity contribution in [2.24, 2.45) is 11.7 Å². The minimum atomic E-state index is 0.296. The zero-order chi connectivity index (χ0) is 12.3. The first kappa shape index (κ1) is 13.2. The van der Waals surface area contributed by atoms with Crippen molar-refractivity contribution >= 4 is 23.2 Å². The molecular formula is C14H19Cl2N. The number of hydrogen-bond donors (Lipinski definition) is 1. The Morgan fingerprint density at radius 3 is 2.41 bits per heavy atom. The van der Waals surface area contributed by atoms with Crippen LogP contribution in [0.5, 0.6) is 0 Å². The standard InChI is InChI=1S/C14H19Cl2N/c15-12-6-4-7-13(16)11(12)9-10-5-2-1-3-8-14(10)17/h4,6-7,10,14H,1-3,5,8-9,17H2. The summed E-state index contributed by atoms with van der Waals surface area (Å²) in [5.41, 5.74) is 7.31. The van der Waals surface area contributed by atoms with Gasteiger partial charge in [-0.2, -0.15) is 0 Å². The van der Waals surface area contributed by atoms with E-state index in [-0.39, 0.29) is 0 Å². The second-order valence-corrected chi connectivity index (χ2v) is 5.78. The molecule has 1 aromatic carbocycles. The molecule has 1 aliphatic rings. The van der Waals surface area contributed by atoms with Gasteiger partial charge in [0, 0.05) is 16.1 Å². The van der Waals surface area contributed by atoms with Gasteiger partial charge in [0.2, 0.25) is 0 Å². The van der Waals surface area contributed by atoms with E-state index in [2.05, 4.69) is 0 Å². The minimum Gasteiger partial charge on any atom is -0.327 e. The van der Waals surface area contributed by atoms with Gasteiger partial charge in [-0.3, -0.25) is 0 Å². The molecule has 0 heterocycles. The number of hydrogen-bond acceptors (Lipinski definition) is 1. The fourth-order valence-electron chi connectivity index (χ4n) is 2.66. The van der Waals surface area contributed by atoms with Crippen LogP contribution in [0.1, 0.15) is 37.7 Å². The molecule has 1 fully saturated rings. The van der Waals surface area contributed by atoms with Crippen LogP contribution in [-0.2, 0) is 6.42 Å². The first-order valence-corrected chi connectivity index (χ1v) is 7.12. The van der Waals surface area contributed by atoms with Crippen LogP contribution in [0.3, 0.4) is 0 Å². The van der Waals surface area contributed by atoms with Crippen LogP contribution in [0.25, 0.3) is 0 Å². The van der Waals surface area contributed by atoms with E-state index in [4.69, 9.17) is 28.9 Å². The van der Waals surface area contributed by atoms with E-state index in [1.54, 1.807) is 0 Å². The van der Waals surface area contributed by atoms with Crippen LogP contribution in [-0.4, -0.2) is 6.04 Å². The molecule has 17 heavy (non-hydrogen) atoms. The summed E-state index contributed by atoms with van der Waals surface area (Å²) < 4.78 is 0. The lowest BCUT2D eigenvalue weighted by Crippen LogP contribution is -2.30. The van der Waals surface area contributed by atoms with Gasteiger partial charge in [-0.05, 0) is 42.9 Å². The Morgan fingerprint density at radius 2 is 1.71 bits per heavy atom. The quantitative estimate of drug-likeness (QED) is 0.791. The summed E-state index contributed by atoms with van der Waals surface area (Å²) >= 11 is 12.4. The van der Waals surface area contributed by atoms with E-state index in [0.717, 1.165) is 28.5 Å². The van der Waals surface area contributed by atoms with E-state index in [1.807, 2.05) is 18.2 Å². The zero-order valence-corrected chi connectivity index (χ0v) is 11.5. The third-order valence-corrected chi connectivity index (χ3v) is 4.45. The van der Waals surface area contributed by atoms with E-state index >= 15 is 0 Å². The lowest BCUT2D eigenvalue weighted by molar-refractivity contribution is 0.395. The third kappa shape index (κ3) is 3.37. The maximum absolute atomic E-state index is 6.24. The predicted octanol–water partition coefficient (Wildman–Crippen LogP) is 4.44. The Kier molecular flexibility index (Phi) is 4.72. The molecule has 0 radical (unpaired) electrons. The van der Waals surface area contributed by atoms with Gasteiger partial charge in [0.1, 0.15) is 0 Å². The van der Waals surface area contributed by atoms with Gasteiger partial charge in [-0.25, -0.2) is 0 Å². The Bertz CT molecular complexity index is 358. The normalized spacial score (nSPS) is 25.6. The molecule has 0 amide bonds. The lowest BCUT2D eigenvalue weighted by atomic mass is 9.89. The fraction of sp³-hybridized carbons (Fsp3) is 0.571. The van der Waals surface area contributed by atoms with Crippen LogP contribution >= 0.6 is 23.2 Å². The molecule has 1 saturated carbocycles. The highest BCUT2D eigenvalue weighted by atomic mass is 35.5. The average molecular weight is 272 g/mol. The third-order valence-electron chi connectivity index (χ3n) is 3.75. The largest absolute Gasteiger partial charge is 0.327 e. The van der Waals surface area contributed by atoms with Crippen molar-refractivity contribution in [1.82, 2.24) is 0 Å². The van der Waals surface area contributed by atoms with Crippen molar-refractivity contribution in [3.63, 3.8) is 0 Å². The highest BCUT2D eigenvalue weighted by molar-refractivity contribution is 6.35. The molecule has 2 atom stereocenters. The summed E-state index contributed by atoms with van der Waals surface area (Å²) in [5.74, 6) is 0.523. The van der Waals surface area contributed by atoms with E-state index < -0.39 is 0 Å². The summed E-state index contributed by atoms with van der Waals surface area (Å²) in [6, 6.07) is 6.00. The average Bonchev–Trinajstić information content (AvgIpc) is 2.49. The summed E-state index contributed by atoms with van der Waals surface area (Å²) in [4.78, 5) is 0. The summed E-state index contributed by atoms with van der Waals surface area (Å²) in [5, 5.41) is 1.54. The maximum atomic E-state index is 6.24. The number of nitrogens with two attached hydrogens (primary N) is 1. The van der Waals surface area contributed by atoms with E-state index in [1.165, 1.54) is 25.7 Å². The zero-order valence-electron chi connectivity index (χ0n) is 9.96. The van der Waals surface area contributed by atoms with Gasteiger partial charge >= 0.3 is 0 Å². The molecule has 0 bridgehead atoms. The highest BCUT2D eigenvalue weighted by Gasteiger charge is 2.22. The second-order valence-electron chi connectivity index (χ2n) is 4.97. The molecule has 0 aliphatic heterocycles. The van der Waals surface area contributed by atoms with Gasteiger partial charge in [-0.15, -0.1) is 0 Å². The SMILES string of the molecule is NC1CCCCCC1Cc1c(Cl)cccc1Cl. The van der Waals surface area contributed by atoms with Crippen LogP contribution < -0.4 is 5.73 Å². The van der Waals surface area contributed by atoms with Gasteiger partial charge < -0.3 is 5.73 Å². The van der Waals surface area contributed by atoms with Gasteiger partial charge in [0.05, 0.1) is 0 Å². The topological polar surface area (TPSA) is 26.0 Å². The molecule has 1 aromatic rings. The van der Waals surface area contributed by atoms with E-state index in [0.29, 0.717) is 12.0 Å². The monoisotopic (exact) mass is 271 g/mol. The predicted molar refractivity (Wildman–Crippen MR) is 74.7 cm³/mol. The van der Waals surface area contributed by atoms with Crippen molar-refractivity contribution in [2.45, 2.75) is 44.6 Å². The molecule has 1 aliphatic carbocycles. The molecule has 0 spiro atoms. The van der Waals surface area contributed by atoms with Crippen molar-refractivity contribution in [1.29, 1.82) is 0 Å². The number of benzene rings is 1. The fourth-order valence-corrected chi connectivity index (χ4v) is 3.21. The van der Waals surface area contributed by atoms with Crippen molar-refractivity contribution in [3.8, 4) is 0 Å². The van der Waals surface area contributed by atoms with Crippen LogP contribution in [0.2, 0.25) is 10.0 Å². The Balaban J connectivity index is 2.13. The van der Waals surface area contributed by atoms with E-state index in [9.17, 15) is 0 Å². The Hall–Kier alpha value is -0.240. The molecule has 0 saturated heterocycles. The smallest absolute Gasteiger partial charge is 0.0452 e. The summed E-state index contributed by atoms with van der Waals surface area (Å²) in [6.07, 6.45) is 7.09. The molecule has 2 rings (SSSR count). The lowest BCUT2D eigenvalue weighted by Gasteiger charge is -2.22. The molecule has 2 unspecified atom stereocenters. The van der Waals surface area contributed by atoms with Gasteiger partial charge in [0.25, 0.3) is 0 Å². The molecule has 0 aromatic heterocycles. The van der Waals surface area contributed by atoms with Gasteiger partial charge in [0.15, 0.2) is 0 Å². The highest BCUT2D eigenvalue weighted by Crippen LogP contribution is 2.31. The van der Waals surface area contributed by atoms with Crippen molar-refractivity contribution in [3.05, 3.63) is 33.8 Å². The van der Waals surface area contributed by atoms with Gasteiger partial charge in [-0.1, -0.05) is 48.5 Å². The Morgan fingerprint density at radius 1 is 1.06 bits per heavy atom. The van der Waals surface area contributed by atoms with Crippen LogP contribution in [0.4, 0.5) is 0 Å². The van der Waals surface area contributed by atoms with Crippen molar-refractivity contribution < 1.29 is 0 Å². The Labute approximate surface area is 113 Å². The number of rotatable bonds is 2. The maximum Gasteiger partial charge on any atom is 0.0452 e. The first-order chi connectivity index (χ1) is 8.18. The second kappa shape index (κ2) is 6.08. The van der Waals surface area contributed by atoms with Crippen molar-refractivity contribution in [2.75, 3.05) is 0 Å². The minimum absolute atomic E-state index is 0.296. The molecule has 94 valence electrons. The molecule has 3 heteroatoms. The molecule has 1 nitrogen and oxygen atoms in total. The summed E-state index contributed by atoms with van der Waals surface area (Å²) in [7, 11) is 0. The molecular weight excluding hydrogens is 253 g/mol. The van der Waals surface area contributed by atoms with Crippen LogP contribution in [0, 0.1) is 5.92 Å². The molecule has 2 N–H and O–H groups in total. The number of halogens is 2. The summed E-state index contributed by atoms with van der Waals surface area (Å²) in [6.45, 7) is 0. The first-order valence-electron chi connectivity index (χ1n) is 6.37.